The average Bonchev–Trinajstić information content (AvgIpc) is 2.55. The second-order valence-electron chi connectivity index (χ2n) is 5.67. The third-order valence-corrected chi connectivity index (χ3v) is 4.01. The van der Waals surface area contributed by atoms with Crippen molar-refractivity contribution < 1.29 is 14.3 Å². The number of rotatable bonds is 3. The lowest BCUT2D eigenvalue weighted by molar-refractivity contribution is -0.133. The first-order valence-electron chi connectivity index (χ1n) is 7.61. The van der Waals surface area contributed by atoms with Crippen LogP contribution in [-0.4, -0.2) is 43.7 Å². The van der Waals surface area contributed by atoms with Crippen molar-refractivity contribution in [2.45, 2.75) is 31.8 Å². The van der Waals surface area contributed by atoms with Crippen LogP contribution in [0.25, 0.3) is 0 Å². The van der Waals surface area contributed by atoms with Crippen LogP contribution in [0.3, 0.4) is 0 Å². The Kier molecular flexibility index (Phi) is 4.29. The minimum absolute atomic E-state index is 0.0269. The quantitative estimate of drug-likeness (QED) is 0.918. The Balaban J connectivity index is 1.63. The maximum absolute atomic E-state index is 12.4. The highest BCUT2D eigenvalue weighted by molar-refractivity contribution is 5.81. The molecule has 5 nitrogen and oxygen atoms in total. The Hall–Kier alpha value is -1.75. The summed E-state index contributed by atoms with van der Waals surface area (Å²) in [5.41, 5.74) is 1.06. The van der Waals surface area contributed by atoms with Gasteiger partial charge in [-0.15, -0.1) is 0 Å². The van der Waals surface area contributed by atoms with Crippen LogP contribution in [0, 0.1) is 0 Å². The maximum atomic E-state index is 12.4. The number of amides is 1. The summed E-state index contributed by atoms with van der Waals surface area (Å²) in [7, 11) is 1.86. The number of nitrogens with one attached hydrogen (secondary N) is 1. The van der Waals surface area contributed by atoms with Gasteiger partial charge >= 0.3 is 0 Å². The summed E-state index contributed by atoms with van der Waals surface area (Å²) in [5, 5.41) is 3.30. The van der Waals surface area contributed by atoms with E-state index >= 15 is 0 Å². The Bertz CT molecular complexity index is 512. The number of hydrogen-bond acceptors (Lipinski definition) is 4. The number of ether oxygens (including phenoxy) is 2. The molecule has 0 bridgehead atoms. The molecule has 5 heteroatoms. The van der Waals surface area contributed by atoms with Gasteiger partial charge in [-0.05, 0) is 37.1 Å². The minimum Gasteiger partial charge on any atom is -0.486 e. The number of piperidine rings is 1. The van der Waals surface area contributed by atoms with E-state index in [2.05, 4.69) is 5.32 Å². The Morgan fingerprint density at radius 1 is 1.29 bits per heavy atom. The second-order valence-corrected chi connectivity index (χ2v) is 5.67. The molecule has 2 aliphatic rings. The molecule has 1 fully saturated rings. The molecule has 2 heterocycles. The van der Waals surface area contributed by atoms with Gasteiger partial charge in [0.15, 0.2) is 11.5 Å². The third-order valence-electron chi connectivity index (χ3n) is 4.01. The van der Waals surface area contributed by atoms with Crippen molar-refractivity contribution in [1.82, 2.24) is 10.2 Å². The fourth-order valence-corrected chi connectivity index (χ4v) is 2.87. The number of fused-ring (bicyclic) bond motifs is 1. The molecule has 0 unspecified atom stereocenters. The molecule has 21 heavy (non-hydrogen) atoms. The van der Waals surface area contributed by atoms with Crippen LogP contribution in [0.15, 0.2) is 18.2 Å². The summed E-state index contributed by atoms with van der Waals surface area (Å²) in [6.07, 6.45) is 3.22. The van der Waals surface area contributed by atoms with Gasteiger partial charge in [0, 0.05) is 13.6 Å². The highest BCUT2D eigenvalue weighted by Gasteiger charge is 2.23. The van der Waals surface area contributed by atoms with Gasteiger partial charge in [0.05, 0.1) is 6.04 Å². The molecular weight excluding hydrogens is 268 g/mol. The zero-order valence-corrected chi connectivity index (χ0v) is 12.4. The van der Waals surface area contributed by atoms with E-state index in [1.54, 1.807) is 4.90 Å². The van der Waals surface area contributed by atoms with E-state index < -0.39 is 0 Å². The molecule has 3 rings (SSSR count). The van der Waals surface area contributed by atoms with E-state index in [0.717, 1.165) is 42.9 Å². The minimum atomic E-state index is -0.0269. The van der Waals surface area contributed by atoms with Gasteiger partial charge in [-0.1, -0.05) is 12.5 Å². The number of benzene rings is 1. The van der Waals surface area contributed by atoms with Crippen LogP contribution in [0.5, 0.6) is 11.5 Å². The molecule has 2 aliphatic heterocycles. The molecule has 1 atom stereocenters. The summed E-state index contributed by atoms with van der Waals surface area (Å²) in [4.78, 5) is 14.2. The summed E-state index contributed by atoms with van der Waals surface area (Å²) >= 11 is 0. The van der Waals surface area contributed by atoms with Crippen molar-refractivity contribution in [3.8, 4) is 11.5 Å². The first-order valence-corrected chi connectivity index (χ1v) is 7.61. The lowest BCUT2D eigenvalue weighted by Gasteiger charge is -2.28. The van der Waals surface area contributed by atoms with Crippen LogP contribution >= 0.6 is 0 Å². The van der Waals surface area contributed by atoms with Gasteiger partial charge < -0.3 is 19.7 Å². The molecule has 0 aliphatic carbocycles. The topological polar surface area (TPSA) is 50.8 Å². The first kappa shape index (κ1) is 14.2. The molecule has 0 aromatic heterocycles. The van der Waals surface area contributed by atoms with Gasteiger partial charge in [0.2, 0.25) is 5.91 Å². The molecule has 1 aromatic rings. The number of nitrogens with zero attached hydrogens (tertiary/aromatic N) is 1. The smallest absolute Gasteiger partial charge is 0.239 e. The van der Waals surface area contributed by atoms with Crippen LogP contribution in [-0.2, 0) is 11.3 Å². The zero-order chi connectivity index (χ0) is 14.7. The highest BCUT2D eigenvalue weighted by Crippen LogP contribution is 2.31. The number of carbonyl (C=O) groups excluding carboxylic acids is 1. The summed E-state index contributed by atoms with van der Waals surface area (Å²) in [6.45, 7) is 2.71. The second kappa shape index (κ2) is 6.35. The van der Waals surface area contributed by atoms with Gasteiger partial charge in [0.25, 0.3) is 0 Å². The monoisotopic (exact) mass is 290 g/mol. The molecule has 1 N–H and O–H groups in total. The number of hydrogen-bond donors (Lipinski definition) is 1. The van der Waals surface area contributed by atoms with E-state index in [0.29, 0.717) is 19.8 Å². The van der Waals surface area contributed by atoms with Gasteiger partial charge in [0.1, 0.15) is 13.2 Å². The molecule has 0 saturated carbocycles. The fraction of sp³-hybridized carbons (Fsp3) is 0.562. The van der Waals surface area contributed by atoms with Gasteiger partial charge in [-0.25, -0.2) is 0 Å². The Morgan fingerprint density at radius 2 is 2.10 bits per heavy atom. The number of likely N-dealkylation sites (N-methyl/N-ethyl adjacent to an activating group) is 1. The Labute approximate surface area is 125 Å². The molecule has 1 aromatic carbocycles. The van der Waals surface area contributed by atoms with Crippen molar-refractivity contribution >= 4 is 5.91 Å². The van der Waals surface area contributed by atoms with Crippen LogP contribution in [0.4, 0.5) is 0 Å². The normalized spacial score (nSPS) is 20.9. The molecule has 1 amide bonds. The molecular formula is C16H22N2O3. The predicted octanol–water partition coefficient (Wildman–Crippen LogP) is 1.56. The third kappa shape index (κ3) is 3.29. The lowest BCUT2D eigenvalue weighted by Crippen LogP contribution is -2.46. The summed E-state index contributed by atoms with van der Waals surface area (Å²) in [6, 6.07) is 5.85. The van der Waals surface area contributed by atoms with E-state index in [1.807, 2.05) is 25.2 Å². The van der Waals surface area contributed by atoms with Crippen LogP contribution < -0.4 is 14.8 Å². The van der Waals surface area contributed by atoms with Crippen LogP contribution in [0.2, 0.25) is 0 Å². The van der Waals surface area contributed by atoms with Gasteiger partial charge in [-0.3, -0.25) is 4.79 Å². The first-order chi connectivity index (χ1) is 10.2. The molecule has 114 valence electrons. The standard InChI is InChI=1S/C16H22N2O3/c1-18(16(19)13-4-2-3-7-17-13)11-12-5-6-14-15(10-12)21-9-8-20-14/h5-6,10,13,17H,2-4,7-9,11H2,1H3/t13-/m1/s1. The molecule has 0 radical (unpaired) electrons. The fourth-order valence-electron chi connectivity index (χ4n) is 2.87. The lowest BCUT2D eigenvalue weighted by atomic mass is 10.0. The SMILES string of the molecule is CN(Cc1ccc2c(c1)OCCO2)C(=O)[C@H]1CCCCN1. The van der Waals surface area contributed by atoms with Crippen molar-refractivity contribution in [3.05, 3.63) is 23.8 Å². The van der Waals surface area contributed by atoms with E-state index in [-0.39, 0.29) is 11.9 Å². The summed E-state index contributed by atoms with van der Waals surface area (Å²) < 4.78 is 11.1. The molecule has 0 spiro atoms. The predicted molar refractivity (Wildman–Crippen MR) is 79.5 cm³/mol. The average molecular weight is 290 g/mol. The van der Waals surface area contributed by atoms with Crippen molar-refractivity contribution in [2.24, 2.45) is 0 Å². The Morgan fingerprint density at radius 3 is 2.86 bits per heavy atom. The van der Waals surface area contributed by atoms with Crippen LogP contribution in [0.1, 0.15) is 24.8 Å². The van der Waals surface area contributed by atoms with Crippen molar-refractivity contribution in [2.75, 3.05) is 26.8 Å². The van der Waals surface area contributed by atoms with E-state index in [9.17, 15) is 4.79 Å². The van der Waals surface area contributed by atoms with Crippen molar-refractivity contribution in [1.29, 1.82) is 0 Å². The summed E-state index contributed by atoms with van der Waals surface area (Å²) in [5.74, 6) is 1.73. The molecule has 1 saturated heterocycles. The highest BCUT2D eigenvalue weighted by atomic mass is 16.6. The zero-order valence-electron chi connectivity index (χ0n) is 12.4. The maximum Gasteiger partial charge on any atom is 0.239 e. The largest absolute Gasteiger partial charge is 0.486 e. The number of carbonyl (C=O) groups is 1. The van der Waals surface area contributed by atoms with Crippen molar-refractivity contribution in [3.63, 3.8) is 0 Å². The van der Waals surface area contributed by atoms with Gasteiger partial charge in [-0.2, -0.15) is 0 Å². The van der Waals surface area contributed by atoms with E-state index in [4.69, 9.17) is 9.47 Å². The van der Waals surface area contributed by atoms with E-state index in [1.165, 1.54) is 0 Å².